The lowest BCUT2D eigenvalue weighted by atomic mass is 10.1. The Morgan fingerprint density at radius 3 is 2.54 bits per heavy atom. The third-order valence-corrected chi connectivity index (χ3v) is 3.87. The molecule has 132 valence electrons. The van der Waals surface area contributed by atoms with Crippen molar-refractivity contribution in [2.75, 3.05) is 7.05 Å². The van der Waals surface area contributed by atoms with Crippen molar-refractivity contribution in [2.24, 2.45) is 0 Å². The second-order valence-corrected chi connectivity index (χ2v) is 5.52. The van der Waals surface area contributed by atoms with Crippen molar-refractivity contribution in [3.8, 4) is 0 Å². The lowest BCUT2D eigenvalue weighted by molar-refractivity contribution is -0.384. The van der Waals surface area contributed by atoms with Crippen LogP contribution in [0, 0.1) is 10.1 Å². The van der Waals surface area contributed by atoms with E-state index in [0.717, 1.165) is 5.56 Å². The number of non-ortho nitro benzene ring substituents is 1. The van der Waals surface area contributed by atoms with Gasteiger partial charge in [0, 0.05) is 36.7 Å². The third kappa shape index (κ3) is 3.36. The van der Waals surface area contributed by atoms with Crippen LogP contribution in [0.4, 0.5) is 5.69 Å². The minimum Gasteiger partial charge on any atom is -0.355 e. The average Bonchev–Trinajstić information content (AvgIpc) is 3.09. The molecule has 0 aliphatic rings. The van der Waals surface area contributed by atoms with Gasteiger partial charge in [0.2, 0.25) is 0 Å². The second kappa shape index (κ2) is 7.01. The first-order chi connectivity index (χ1) is 12.5. The number of aromatic nitrogens is 2. The first-order valence-electron chi connectivity index (χ1n) is 7.71. The fraction of sp³-hybridized carbons (Fsp3) is 0.118. The molecule has 2 aromatic carbocycles. The number of hydrogen-bond donors (Lipinski definition) is 3. The van der Waals surface area contributed by atoms with Crippen LogP contribution in [-0.2, 0) is 6.54 Å². The molecule has 26 heavy (non-hydrogen) atoms. The van der Waals surface area contributed by atoms with E-state index in [1.807, 2.05) is 0 Å². The van der Waals surface area contributed by atoms with Crippen LogP contribution >= 0.6 is 0 Å². The highest BCUT2D eigenvalue weighted by atomic mass is 16.6. The van der Waals surface area contributed by atoms with Gasteiger partial charge in [0.15, 0.2) is 5.69 Å². The molecule has 0 saturated carbocycles. The number of nitrogens with zero attached hydrogens (tertiary/aromatic N) is 2. The summed E-state index contributed by atoms with van der Waals surface area (Å²) in [6.45, 7) is 0.232. The molecule has 0 fully saturated rings. The van der Waals surface area contributed by atoms with Crippen molar-refractivity contribution in [1.29, 1.82) is 0 Å². The van der Waals surface area contributed by atoms with Crippen LogP contribution < -0.4 is 10.6 Å². The van der Waals surface area contributed by atoms with Crippen LogP contribution in [0.3, 0.4) is 0 Å². The molecule has 0 aliphatic carbocycles. The molecular formula is C17H15N5O4. The molecule has 0 bridgehead atoms. The summed E-state index contributed by atoms with van der Waals surface area (Å²) >= 11 is 0. The summed E-state index contributed by atoms with van der Waals surface area (Å²) in [6.07, 6.45) is 0. The van der Waals surface area contributed by atoms with E-state index in [1.165, 1.54) is 18.2 Å². The molecule has 2 amide bonds. The molecule has 1 aromatic heterocycles. The number of fused-ring (bicyclic) bond motifs is 1. The van der Waals surface area contributed by atoms with E-state index in [-0.39, 0.29) is 23.8 Å². The number of rotatable bonds is 5. The zero-order chi connectivity index (χ0) is 18.7. The van der Waals surface area contributed by atoms with Crippen molar-refractivity contribution in [2.45, 2.75) is 6.54 Å². The number of nitro groups is 1. The van der Waals surface area contributed by atoms with Crippen molar-refractivity contribution in [1.82, 2.24) is 20.8 Å². The number of carbonyl (C=O) groups excluding carboxylic acids is 2. The largest absolute Gasteiger partial charge is 0.355 e. The summed E-state index contributed by atoms with van der Waals surface area (Å²) in [7, 11) is 1.55. The Morgan fingerprint density at radius 1 is 1.15 bits per heavy atom. The van der Waals surface area contributed by atoms with Crippen LogP contribution in [0.2, 0.25) is 0 Å². The van der Waals surface area contributed by atoms with E-state index in [0.29, 0.717) is 16.5 Å². The zero-order valence-corrected chi connectivity index (χ0v) is 13.8. The Balaban J connectivity index is 1.74. The molecule has 0 aliphatic heterocycles. The number of hydrogen-bond acceptors (Lipinski definition) is 5. The van der Waals surface area contributed by atoms with Gasteiger partial charge >= 0.3 is 0 Å². The van der Waals surface area contributed by atoms with Gasteiger partial charge in [-0.3, -0.25) is 24.8 Å². The van der Waals surface area contributed by atoms with Gasteiger partial charge in [-0.05, 0) is 23.8 Å². The molecule has 3 aromatic rings. The second-order valence-electron chi connectivity index (χ2n) is 5.52. The number of aromatic amines is 1. The topological polar surface area (TPSA) is 130 Å². The molecule has 1 heterocycles. The predicted octanol–water partition coefficient (Wildman–Crippen LogP) is 1.76. The smallest absolute Gasteiger partial charge is 0.272 e. The fourth-order valence-electron chi connectivity index (χ4n) is 2.47. The molecule has 9 nitrogen and oxygen atoms in total. The molecule has 9 heteroatoms. The SMILES string of the molecule is CNC(=O)c1ccc(CNC(=O)c2n[nH]c3ccc([N+](=O)[O-])cc23)cc1. The summed E-state index contributed by atoms with van der Waals surface area (Å²) in [4.78, 5) is 34.2. The highest BCUT2D eigenvalue weighted by Crippen LogP contribution is 2.22. The monoisotopic (exact) mass is 353 g/mol. The van der Waals surface area contributed by atoms with Crippen molar-refractivity contribution < 1.29 is 14.5 Å². The van der Waals surface area contributed by atoms with Crippen molar-refractivity contribution >= 4 is 28.4 Å². The highest BCUT2D eigenvalue weighted by Gasteiger charge is 2.17. The Morgan fingerprint density at radius 2 is 1.88 bits per heavy atom. The number of amides is 2. The summed E-state index contributed by atoms with van der Waals surface area (Å²) in [5.41, 5.74) is 1.84. The van der Waals surface area contributed by atoms with Gasteiger partial charge in [0.05, 0.1) is 10.4 Å². The third-order valence-electron chi connectivity index (χ3n) is 3.87. The van der Waals surface area contributed by atoms with Crippen LogP contribution in [0.1, 0.15) is 26.4 Å². The van der Waals surface area contributed by atoms with Gasteiger partial charge in [-0.1, -0.05) is 12.1 Å². The molecule has 0 atom stereocenters. The first kappa shape index (κ1) is 17.1. The Kier molecular flexibility index (Phi) is 4.61. The summed E-state index contributed by atoms with van der Waals surface area (Å²) in [5.74, 6) is -0.641. The minimum atomic E-state index is -0.526. The molecule has 0 unspecified atom stereocenters. The quantitative estimate of drug-likeness (QED) is 0.475. The maximum absolute atomic E-state index is 12.4. The molecular weight excluding hydrogens is 338 g/mol. The normalized spacial score (nSPS) is 10.5. The highest BCUT2D eigenvalue weighted by molar-refractivity contribution is 6.05. The van der Waals surface area contributed by atoms with Gasteiger partial charge in [0.1, 0.15) is 0 Å². The maximum Gasteiger partial charge on any atom is 0.272 e. The van der Waals surface area contributed by atoms with Gasteiger partial charge in [-0.25, -0.2) is 0 Å². The predicted molar refractivity (Wildman–Crippen MR) is 93.8 cm³/mol. The molecule has 0 saturated heterocycles. The first-order valence-corrected chi connectivity index (χ1v) is 7.71. The van der Waals surface area contributed by atoms with E-state index in [4.69, 9.17) is 0 Å². The van der Waals surface area contributed by atoms with E-state index in [9.17, 15) is 19.7 Å². The number of H-pyrrole nitrogens is 1. The lowest BCUT2D eigenvalue weighted by Gasteiger charge is -2.05. The van der Waals surface area contributed by atoms with Gasteiger partial charge < -0.3 is 10.6 Å². The fourth-order valence-corrected chi connectivity index (χ4v) is 2.47. The van der Waals surface area contributed by atoms with E-state index < -0.39 is 10.8 Å². The van der Waals surface area contributed by atoms with E-state index >= 15 is 0 Å². The summed E-state index contributed by atoms with van der Waals surface area (Å²) in [5, 5.41) is 23.2. The molecule has 3 N–H and O–H groups in total. The van der Waals surface area contributed by atoms with Gasteiger partial charge in [-0.2, -0.15) is 5.10 Å². The zero-order valence-electron chi connectivity index (χ0n) is 13.8. The minimum absolute atomic E-state index is 0.0886. The summed E-state index contributed by atoms with van der Waals surface area (Å²) in [6, 6.07) is 11.0. The van der Waals surface area contributed by atoms with Crippen LogP contribution in [0.15, 0.2) is 42.5 Å². The lowest BCUT2D eigenvalue weighted by Crippen LogP contribution is -2.23. The number of carbonyl (C=O) groups is 2. The van der Waals surface area contributed by atoms with Crippen LogP contribution in [0.25, 0.3) is 10.9 Å². The number of nitro benzene ring substituents is 1. The van der Waals surface area contributed by atoms with Crippen molar-refractivity contribution in [3.05, 3.63) is 69.4 Å². The molecule has 0 spiro atoms. The molecule has 0 radical (unpaired) electrons. The number of benzene rings is 2. The number of nitrogens with one attached hydrogen (secondary N) is 3. The van der Waals surface area contributed by atoms with Crippen molar-refractivity contribution in [3.63, 3.8) is 0 Å². The van der Waals surface area contributed by atoms with E-state index in [2.05, 4.69) is 20.8 Å². The maximum atomic E-state index is 12.4. The Bertz CT molecular complexity index is 994. The van der Waals surface area contributed by atoms with Gasteiger partial charge in [-0.15, -0.1) is 0 Å². The molecule has 3 rings (SSSR count). The van der Waals surface area contributed by atoms with E-state index in [1.54, 1.807) is 31.3 Å². The van der Waals surface area contributed by atoms with Gasteiger partial charge in [0.25, 0.3) is 17.5 Å². The van der Waals surface area contributed by atoms with Crippen LogP contribution in [0.5, 0.6) is 0 Å². The Hall–Kier alpha value is -3.75. The summed E-state index contributed by atoms with van der Waals surface area (Å²) < 4.78 is 0. The Labute approximate surface area is 147 Å². The average molecular weight is 353 g/mol. The van der Waals surface area contributed by atoms with Crippen LogP contribution in [-0.4, -0.2) is 34.0 Å². The standard InChI is InChI=1S/C17H15N5O4/c1-18-16(23)11-4-2-10(3-5-11)9-19-17(24)15-13-8-12(22(25)26)6-7-14(13)20-21-15/h2-8H,9H2,1H3,(H,18,23)(H,19,24)(H,20,21).